The molecule has 0 spiro atoms. The summed E-state index contributed by atoms with van der Waals surface area (Å²) >= 11 is 0. The first kappa shape index (κ1) is 12.3. The normalized spacial score (nSPS) is 19.3. The predicted molar refractivity (Wildman–Crippen MR) is 67.2 cm³/mol. The molecule has 1 aromatic rings. The molecule has 2 N–H and O–H groups in total. The molecular weight excluding hydrogens is 232 g/mol. The van der Waals surface area contributed by atoms with E-state index < -0.39 is 4.92 Å². The lowest BCUT2D eigenvalue weighted by Gasteiger charge is -2.32. The number of hydrogen-bond acceptors (Lipinski definition) is 5. The Labute approximate surface area is 105 Å². The number of nitro groups is 1. The second kappa shape index (κ2) is 5.02. The molecule has 0 amide bonds. The van der Waals surface area contributed by atoms with Gasteiger partial charge in [-0.15, -0.1) is 0 Å². The fourth-order valence-electron chi connectivity index (χ4n) is 2.30. The number of rotatable bonds is 2. The Morgan fingerprint density at radius 1 is 1.56 bits per heavy atom. The van der Waals surface area contributed by atoms with Gasteiger partial charge in [0.1, 0.15) is 17.3 Å². The first-order valence-corrected chi connectivity index (χ1v) is 5.81. The maximum atomic E-state index is 11.1. The Kier molecular flexibility index (Phi) is 3.44. The maximum absolute atomic E-state index is 11.1. The summed E-state index contributed by atoms with van der Waals surface area (Å²) in [6, 6.07) is 6.71. The molecule has 6 heteroatoms. The fraction of sp³-hybridized carbons (Fsp3) is 0.417. The van der Waals surface area contributed by atoms with Gasteiger partial charge in [-0.2, -0.15) is 5.26 Å². The van der Waals surface area contributed by atoms with Crippen LogP contribution in [-0.4, -0.2) is 24.1 Å². The van der Waals surface area contributed by atoms with E-state index in [0.717, 1.165) is 19.4 Å². The molecular formula is C12H14N4O2. The lowest BCUT2D eigenvalue weighted by atomic mass is 10.0. The minimum Gasteiger partial charge on any atom is -0.364 e. The summed E-state index contributed by atoms with van der Waals surface area (Å²) in [4.78, 5) is 12.5. The van der Waals surface area contributed by atoms with Crippen molar-refractivity contribution in [2.24, 2.45) is 5.73 Å². The highest BCUT2D eigenvalue weighted by molar-refractivity contribution is 5.70. The lowest BCUT2D eigenvalue weighted by molar-refractivity contribution is -0.384. The van der Waals surface area contributed by atoms with Crippen LogP contribution in [0.5, 0.6) is 0 Å². The van der Waals surface area contributed by atoms with Crippen molar-refractivity contribution >= 4 is 11.4 Å². The number of nitrogens with zero attached hydrogens (tertiary/aromatic N) is 3. The summed E-state index contributed by atoms with van der Waals surface area (Å²) in [7, 11) is 0. The molecule has 1 atom stereocenters. The van der Waals surface area contributed by atoms with E-state index in [-0.39, 0.29) is 17.3 Å². The van der Waals surface area contributed by atoms with Crippen LogP contribution in [0.25, 0.3) is 0 Å². The molecule has 0 aromatic heterocycles. The van der Waals surface area contributed by atoms with Crippen LogP contribution in [0.3, 0.4) is 0 Å². The molecule has 1 aliphatic heterocycles. The van der Waals surface area contributed by atoms with E-state index in [1.54, 1.807) is 12.1 Å². The Hall–Kier alpha value is -2.13. The Morgan fingerprint density at radius 2 is 2.33 bits per heavy atom. The standard InChI is InChI=1S/C12H14N4O2/c13-7-9-3-1-5-11(12(9)16(17)18)15-6-2-4-10(14)8-15/h1,3,5,10H,2,4,6,8,14H2. The number of piperidine rings is 1. The van der Waals surface area contributed by atoms with Gasteiger partial charge in [0, 0.05) is 19.1 Å². The SMILES string of the molecule is N#Cc1cccc(N2CCCC(N)C2)c1[N+](=O)[O-]. The highest BCUT2D eigenvalue weighted by Crippen LogP contribution is 2.32. The first-order chi connectivity index (χ1) is 8.63. The largest absolute Gasteiger partial charge is 0.364 e. The fourth-order valence-corrected chi connectivity index (χ4v) is 2.30. The van der Waals surface area contributed by atoms with Gasteiger partial charge in [-0.3, -0.25) is 10.1 Å². The Bertz CT molecular complexity index is 509. The van der Waals surface area contributed by atoms with Crippen LogP contribution in [0.1, 0.15) is 18.4 Å². The summed E-state index contributed by atoms with van der Waals surface area (Å²) < 4.78 is 0. The summed E-state index contributed by atoms with van der Waals surface area (Å²) in [5.41, 5.74) is 6.35. The van der Waals surface area contributed by atoms with Gasteiger partial charge >= 0.3 is 5.69 Å². The summed E-state index contributed by atoms with van der Waals surface area (Å²) in [6.45, 7) is 1.33. The third-order valence-electron chi connectivity index (χ3n) is 3.12. The van der Waals surface area contributed by atoms with E-state index >= 15 is 0 Å². The van der Waals surface area contributed by atoms with E-state index in [1.165, 1.54) is 6.07 Å². The molecule has 94 valence electrons. The van der Waals surface area contributed by atoms with Crippen molar-refractivity contribution < 1.29 is 4.92 Å². The molecule has 1 saturated heterocycles. The average Bonchev–Trinajstić information content (AvgIpc) is 2.37. The highest BCUT2D eigenvalue weighted by atomic mass is 16.6. The first-order valence-electron chi connectivity index (χ1n) is 5.81. The number of hydrogen-bond donors (Lipinski definition) is 1. The second-order valence-corrected chi connectivity index (χ2v) is 4.39. The number of benzene rings is 1. The van der Waals surface area contributed by atoms with Crippen molar-refractivity contribution in [3.05, 3.63) is 33.9 Å². The van der Waals surface area contributed by atoms with E-state index in [2.05, 4.69) is 0 Å². The lowest BCUT2D eigenvalue weighted by Crippen LogP contribution is -2.43. The third-order valence-corrected chi connectivity index (χ3v) is 3.12. The van der Waals surface area contributed by atoms with Crippen LogP contribution >= 0.6 is 0 Å². The van der Waals surface area contributed by atoms with Gasteiger partial charge in [0.15, 0.2) is 0 Å². The molecule has 0 bridgehead atoms. The van der Waals surface area contributed by atoms with Gasteiger partial charge in [0.25, 0.3) is 0 Å². The van der Waals surface area contributed by atoms with Crippen molar-refractivity contribution in [1.29, 1.82) is 5.26 Å². The minimum atomic E-state index is -0.492. The topological polar surface area (TPSA) is 96.2 Å². The smallest absolute Gasteiger partial charge is 0.310 e. The van der Waals surface area contributed by atoms with Crippen molar-refractivity contribution in [3.63, 3.8) is 0 Å². The molecule has 1 aromatic carbocycles. The Balaban J connectivity index is 2.44. The molecule has 1 aliphatic rings. The molecule has 1 heterocycles. The van der Waals surface area contributed by atoms with Crippen LogP contribution < -0.4 is 10.6 Å². The molecule has 6 nitrogen and oxygen atoms in total. The quantitative estimate of drug-likeness (QED) is 0.628. The predicted octanol–water partition coefficient (Wildman–Crippen LogP) is 1.39. The number of anilines is 1. The molecule has 1 unspecified atom stereocenters. The average molecular weight is 246 g/mol. The number of nitriles is 1. The van der Waals surface area contributed by atoms with Gasteiger partial charge in [0.05, 0.1) is 4.92 Å². The number of nitro benzene ring substituents is 1. The van der Waals surface area contributed by atoms with Crippen LogP contribution in [0.15, 0.2) is 18.2 Å². The molecule has 0 aliphatic carbocycles. The minimum absolute atomic E-state index is 0.0316. The van der Waals surface area contributed by atoms with Crippen molar-refractivity contribution in [3.8, 4) is 6.07 Å². The molecule has 0 saturated carbocycles. The highest BCUT2D eigenvalue weighted by Gasteiger charge is 2.26. The molecule has 2 rings (SSSR count). The van der Waals surface area contributed by atoms with Crippen molar-refractivity contribution in [2.45, 2.75) is 18.9 Å². The molecule has 1 fully saturated rings. The van der Waals surface area contributed by atoms with Crippen molar-refractivity contribution in [2.75, 3.05) is 18.0 Å². The third kappa shape index (κ3) is 2.26. The monoisotopic (exact) mass is 246 g/mol. The number of nitrogens with two attached hydrogens (primary N) is 1. The maximum Gasteiger partial charge on any atom is 0.310 e. The van der Waals surface area contributed by atoms with E-state index in [9.17, 15) is 10.1 Å². The number of para-hydroxylation sites is 1. The zero-order valence-corrected chi connectivity index (χ0v) is 9.87. The van der Waals surface area contributed by atoms with E-state index in [4.69, 9.17) is 11.0 Å². The summed E-state index contributed by atoms with van der Waals surface area (Å²) in [6.07, 6.45) is 1.84. The second-order valence-electron chi connectivity index (χ2n) is 4.39. The van der Waals surface area contributed by atoms with Gasteiger partial charge in [0.2, 0.25) is 0 Å². The van der Waals surface area contributed by atoms with Crippen LogP contribution in [0, 0.1) is 21.4 Å². The van der Waals surface area contributed by atoms with E-state index in [0.29, 0.717) is 12.2 Å². The van der Waals surface area contributed by atoms with Gasteiger partial charge < -0.3 is 10.6 Å². The molecule has 0 radical (unpaired) electrons. The van der Waals surface area contributed by atoms with Gasteiger partial charge in [-0.25, -0.2) is 0 Å². The molecule has 18 heavy (non-hydrogen) atoms. The Morgan fingerprint density at radius 3 is 2.94 bits per heavy atom. The van der Waals surface area contributed by atoms with Crippen LogP contribution in [0.4, 0.5) is 11.4 Å². The van der Waals surface area contributed by atoms with Crippen molar-refractivity contribution in [1.82, 2.24) is 0 Å². The van der Waals surface area contributed by atoms with E-state index in [1.807, 2.05) is 11.0 Å². The zero-order chi connectivity index (χ0) is 13.1. The summed E-state index contributed by atoms with van der Waals surface area (Å²) in [5, 5.41) is 20.1. The van der Waals surface area contributed by atoms with Gasteiger partial charge in [-0.1, -0.05) is 6.07 Å². The van der Waals surface area contributed by atoms with Crippen LogP contribution in [0.2, 0.25) is 0 Å². The zero-order valence-electron chi connectivity index (χ0n) is 9.87. The van der Waals surface area contributed by atoms with Crippen LogP contribution in [-0.2, 0) is 0 Å². The van der Waals surface area contributed by atoms with Gasteiger partial charge in [-0.05, 0) is 25.0 Å². The summed E-state index contributed by atoms with van der Waals surface area (Å²) in [5.74, 6) is 0.